The number of amides is 2. The second kappa shape index (κ2) is 18.5. The fourth-order valence-corrected chi connectivity index (χ4v) is 9.24. The van der Waals surface area contributed by atoms with E-state index >= 15 is 0 Å². The average molecular weight is 947 g/mol. The summed E-state index contributed by atoms with van der Waals surface area (Å²) in [7, 11) is 0. The molecule has 9 rings (SSSR count). The number of benzene rings is 2. The molecule has 7 aromatic heterocycles. The van der Waals surface area contributed by atoms with E-state index in [9.17, 15) is 14.4 Å². The van der Waals surface area contributed by atoms with E-state index in [1.165, 1.54) is 41.4 Å². The molecule has 0 fully saturated rings. The van der Waals surface area contributed by atoms with Crippen LogP contribution in [-0.4, -0.2) is 52.7 Å². The molecule has 68 heavy (non-hydrogen) atoms. The van der Waals surface area contributed by atoms with Crippen LogP contribution < -0.4 is 27.8 Å². The zero-order valence-electron chi connectivity index (χ0n) is 38.8. The summed E-state index contributed by atoms with van der Waals surface area (Å²) in [5, 5.41) is 17.4. The van der Waals surface area contributed by atoms with Gasteiger partial charge >= 0.3 is 0 Å². The van der Waals surface area contributed by atoms with Crippen molar-refractivity contribution in [3.8, 4) is 0 Å². The lowest BCUT2D eigenvalue weighted by molar-refractivity contribution is -0.121. The Labute approximate surface area is 399 Å². The molecule has 7 heterocycles. The molecule has 0 aliphatic heterocycles. The first-order valence-electron chi connectivity index (χ1n) is 21.6. The van der Waals surface area contributed by atoms with E-state index in [1.54, 1.807) is 23.2 Å². The van der Waals surface area contributed by atoms with Crippen molar-refractivity contribution in [2.75, 3.05) is 22.1 Å². The van der Waals surface area contributed by atoms with Crippen LogP contribution in [0.2, 0.25) is 0 Å². The monoisotopic (exact) mass is 946 g/mol. The summed E-state index contributed by atoms with van der Waals surface area (Å²) in [6, 6.07) is 13.6. The molecule has 0 radical (unpaired) electrons. The van der Waals surface area contributed by atoms with E-state index in [0.29, 0.717) is 67.4 Å². The molecule has 0 unspecified atom stereocenters. The van der Waals surface area contributed by atoms with Crippen molar-refractivity contribution in [2.24, 2.45) is 11.1 Å². The molecule has 0 aliphatic rings. The van der Waals surface area contributed by atoms with Crippen molar-refractivity contribution < 1.29 is 18.9 Å². The molecule has 0 spiro atoms. The quantitative estimate of drug-likeness (QED) is 0.0845. The summed E-state index contributed by atoms with van der Waals surface area (Å²) in [4.78, 5) is 64.3. The zero-order chi connectivity index (χ0) is 48.7. The van der Waals surface area contributed by atoms with Gasteiger partial charge in [-0.25, -0.2) is 19.9 Å². The maximum absolute atomic E-state index is 13.2. The number of carbonyl (C=O) groups excluding carboxylic acids is 3. The largest absolute Gasteiger partial charge is 0.402 e. The number of ketones is 1. The molecule has 2 amide bonds. The van der Waals surface area contributed by atoms with Crippen molar-refractivity contribution in [2.45, 2.75) is 73.6 Å². The van der Waals surface area contributed by atoms with Gasteiger partial charge in [0.05, 0.1) is 60.0 Å². The van der Waals surface area contributed by atoms with Crippen LogP contribution in [0.1, 0.15) is 96.2 Å². The molecule has 0 aliphatic carbocycles. The van der Waals surface area contributed by atoms with Gasteiger partial charge in [0.2, 0.25) is 0 Å². The maximum atomic E-state index is 13.2. The Morgan fingerprint density at radius 3 is 1.66 bits per heavy atom. The summed E-state index contributed by atoms with van der Waals surface area (Å²) in [5.41, 5.74) is 25.5. The Morgan fingerprint density at radius 2 is 1.18 bits per heavy atom. The van der Waals surface area contributed by atoms with Gasteiger partial charge < -0.3 is 32.4 Å². The molecule has 346 valence electrons. The highest BCUT2D eigenvalue weighted by atomic mass is 32.1. The molecule has 8 N–H and O–H groups in total. The number of nitrogens with two attached hydrogens (primary N) is 3. The number of allylic oxidation sites excluding steroid dienone is 2. The minimum absolute atomic E-state index is 0.0403. The molecule has 9 aromatic rings. The molecule has 0 saturated heterocycles. The van der Waals surface area contributed by atoms with Gasteiger partial charge in [-0.15, -0.1) is 22.7 Å². The van der Waals surface area contributed by atoms with E-state index in [4.69, 9.17) is 21.7 Å². The third-order valence-electron chi connectivity index (χ3n) is 11.3. The van der Waals surface area contributed by atoms with Crippen LogP contribution in [0.15, 0.2) is 94.6 Å². The number of carbonyl (C=O) groups is 3. The first-order valence-corrected chi connectivity index (χ1v) is 23.3. The Hall–Kier alpha value is -7.70. The number of thiophene rings is 2. The minimum Gasteiger partial charge on any atom is -0.402 e. The van der Waals surface area contributed by atoms with Gasteiger partial charge in [-0.2, -0.15) is 0 Å². The van der Waals surface area contributed by atoms with Gasteiger partial charge in [-0.05, 0) is 37.1 Å². The molecular weight excluding hydrogens is 897 g/mol. The molecule has 0 atom stereocenters. The Balaban J connectivity index is 0.000000184. The molecule has 0 saturated carbocycles. The second-order valence-electron chi connectivity index (χ2n) is 18.4. The number of aryl methyl sites for hydroxylation is 2. The van der Waals surface area contributed by atoms with Gasteiger partial charge in [-0.3, -0.25) is 24.4 Å². The number of hydrogen-bond acceptors (Lipinski definition) is 16. The Morgan fingerprint density at radius 1 is 0.676 bits per heavy atom. The van der Waals surface area contributed by atoms with Gasteiger partial charge in [0.25, 0.3) is 11.8 Å². The van der Waals surface area contributed by atoms with Gasteiger partial charge in [0.1, 0.15) is 30.1 Å². The van der Waals surface area contributed by atoms with E-state index in [0.717, 1.165) is 61.2 Å². The van der Waals surface area contributed by atoms with Gasteiger partial charge in [-0.1, -0.05) is 71.0 Å². The topological polar surface area (TPSA) is 257 Å². The standard InChI is InChI=1S/C25H24N6O2S.C25H26N6O2S/c1-13-5-6-15-16(7-8-27-18(15)9-14-10-19(33-31-14)25(2,3)4)20(13)30-24(32)17-11-34-22-21(17)28-12-29-23(22)26;1-13-5-6-15-16(7-8-28-18(15)9-14(26)10-19(32)25(2,3)4)20(13)31-24(33)17-11-34-22-21(17)29-12-30-23(22)27/h5-8,10-12H,9H2,1-4H3,(H,30,32)(H2,26,28,29);5-8,10-12H,9,26H2,1-4H3,(H,31,33)(H2,27,29,30). The highest BCUT2D eigenvalue weighted by Gasteiger charge is 2.23. The normalized spacial score (nSPS) is 12.1. The van der Waals surface area contributed by atoms with Crippen LogP contribution >= 0.6 is 22.7 Å². The summed E-state index contributed by atoms with van der Waals surface area (Å²) in [6.07, 6.45) is 8.49. The van der Waals surface area contributed by atoms with Crippen molar-refractivity contribution in [1.82, 2.24) is 35.1 Å². The van der Waals surface area contributed by atoms with Crippen molar-refractivity contribution in [3.63, 3.8) is 0 Å². The lowest BCUT2D eigenvalue weighted by Gasteiger charge is -2.15. The SMILES string of the molecule is Cc1ccc2c(CC(N)=CC(=O)C(C)(C)C)nccc2c1NC(=O)c1csc2c(N)ncnc12.Cc1ccc2c(Cc3cc(C(C)(C)C)on3)nccc2c1NC(=O)c1csc2c(N)ncnc12. The van der Waals surface area contributed by atoms with E-state index in [-0.39, 0.29) is 23.0 Å². The number of anilines is 4. The van der Waals surface area contributed by atoms with Crippen molar-refractivity contribution >= 4 is 105 Å². The second-order valence-corrected chi connectivity index (χ2v) is 20.2. The van der Waals surface area contributed by atoms with Crippen LogP contribution in [0.4, 0.5) is 23.0 Å². The Bertz CT molecular complexity index is 3470. The number of fused-ring (bicyclic) bond motifs is 4. The third-order valence-corrected chi connectivity index (χ3v) is 13.3. The summed E-state index contributed by atoms with van der Waals surface area (Å²) in [6.45, 7) is 15.7. The minimum atomic E-state index is -0.507. The first-order chi connectivity index (χ1) is 32.3. The van der Waals surface area contributed by atoms with Crippen molar-refractivity contribution in [1.29, 1.82) is 0 Å². The predicted octanol–water partition coefficient (Wildman–Crippen LogP) is 9.64. The van der Waals surface area contributed by atoms with E-state index < -0.39 is 5.41 Å². The zero-order valence-corrected chi connectivity index (χ0v) is 40.4. The van der Waals surface area contributed by atoms with E-state index in [1.807, 2.05) is 77.1 Å². The number of nitrogen functional groups attached to an aromatic ring is 2. The third kappa shape index (κ3) is 9.59. The molecule has 0 bridgehead atoms. The summed E-state index contributed by atoms with van der Waals surface area (Å²) < 4.78 is 6.93. The Kier molecular flexibility index (Phi) is 12.8. The highest BCUT2D eigenvalue weighted by Crippen LogP contribution is 2.35. The van der Waals surface area contributed by atoms with Gasteiger partial charge in [0, 0.05) is 86.2 Å². The smallest absolute Gasteiger partial charge is 0.258 e. The van der Waals surface area contributed by atoms with Crippen molar-refractivity contribution in [3.05, 3.63) is 135 Å². The van der Waals surface area contributed by atoms with Crippen LogP contribution in [0.25, 0.3) is 42.0 Å². The summed E-state index contributed by atoms with van der Waals surface area (Å²) in [5.74, 6) is 0.980. The molecular formula is C50H50N12O4S2. The first kappa shape index (κ1) is 46.8. The van der Waals surface area contributed by atoms with Crippen LogP contribution in [0.5, 0.6) is 0 Å². The number of nitrogens with zero attached hydrogens (tertiary/aromatic N) is 7. The number of aromatic nitrogens is 7. The molecule has 18 heteroatoms. The number of rotatable bonds is 9. The fraction of sp³-hybridized carbons (Fsp3) is 0.240. The molecule has 2 aromatic carbocycles. The summed E-state index contributed by atoms with van der Waals surface area (Å²) >= 11 is 2.69. The highest BCUT2D eigenvalue weighted by molar-refractivity contribution is 7.18. The van der Waals surface area contributed by atoms with Crippen LogP contribution in [0, 0.1) is 19.3 Å². The van der Waals surface area contributed by atoms with Crippen LogP contribution in [-0.2, 0) is 23.1 Å². The average Bonchev–Trinajstić information content (AvgIpc) is 4.06. The van der Waals surface area contributed by atoms with Gasteiger partial charge in [0.15, 0.2) is 5.78 Å². The fourth-order valence-electron chi connectivity index (χ4n) is 7.43. The predicted molar refractivity (Wildman–Crippen MR) is 271 cm³/mol. The lowest BCUT2D eigenvalue weighted by atomic mass is 9.90. The number of pyridine rings is 2. The number of hydrogen-bond donors (Lipinski definition) is 5. The maximum Gasteiger partial charge on any atom is 0.258 e. The van der Waals surface area contributed by atoms with E-state index in [2.05, 4.69) is 66.5 Å². The van der Waals surface area contributed by atoms with Crippen LogP contribution in [0.3, 0.4) is 0 Å². The number of nitrogens with one attached hydrogen (secondary N) is 2. The lowest BCUT2D eigenvalue weighted by Crippen LogP contribution is -2.19. The molecule has 16 nitrogen and oxygen atoms in total.